The summed E-state index contributed by atoms with van der Waals surface area (Å²) in [5, 5.41) is 13.0. The van der Waals surface area contributed by atoms with Crippen LogP contribution in [0.25, 0.3) is 0 Å². The second kappa shape index (κ2) is 6.81. The highest BCUT2D eigenvalue weighted by atomic mass is 35.5. The van der Waals surface area contributed by atoms with E-state index in [4.69, 9.17) is 16.9 Å². The van der Waals surface area contributed by atoms with Crippen molar-refractivity contribution in [3.63, 3.8) is 0 Å². The molecule has 22 heavy (non-hydrogen) atoms. The van der Waals surface area contributed by atoms with Crippen LogP contribution >= 0.6 is 11.6 Å². The fraction of sp³-hybridized carbons (Fsp3) is 0.286. The molecule has 116 valence electrons. The van der Waals surface area contributed by atoms with Gasteiger partial charge in [0.25, 0.3) is 0 Å². The van der Waals surface area contributed by atoms with Crippen molar-refractivity contribution in [3.05, 3.63) is 52.8 Å². The van der Waals surface area contributed by atoms with Crippen LogP contribution in [0.4, 0.5) is 13.2 Å². The Bertz CT molecular complexity index is 658. The molecule has 0 saturated carbocycles. The van der Waals surface area contributed by atoms with Crippen molar-refractivity contribution < 1.29 is 13.2 Å². The Labute approximate surface area is 130 Å². The zero-order chi connectivity index (χ0) is 16.2. The van der Waals surface area contributed by atoms with Gasteiger partial charge in [0.2, 0.25) is 0 Å². The summed E-state index contributed by atoms with van der Waals surface area (Å²) < 4.78 is 39.4. The maximum absolute atomic E-state index is 12.7. The monoisotopic (exact) mass is 328 g/mol. The topological polar surface area (TPSA) is 44.9 Å². The van der Waals surface area contributed by atoms with E-state index >= 15 is 0 Å². The molecule has 4 nitrogen and oxygen atoms in total. The van der Waals surface area contributed by atoms with E-state index in [-0.39, 0.29) is 13.2 Å². The van der Waals surface area contributed by atoms with Crippen molar-refractivity contribution in [1.82, 2.24) is 14.7 Å². The lowest BCUT2D eigenvalue weighted by Gasteiger charge is -2.23. The largest absolute Gasteiger partial charge is 0.401 e. The number of alkyl halides is 3. The van der Waals surface area contributed by atoms with E-state index in [0.29, 0.717) is 16.1 Å². The Kier molecular flexibility index (Phi) is 5.06. The van der Waals surface area contributed by atoms with Gasteiger partial charge in [-0.15, -0.1) is 0 Å². The smallest absolute Gasteiger partial charge is 0.271 e. The van der Waals surface area contributed by atoms with E-state index in [9.17, 15) is 13.2 Å². The van der Waals surface area contributed by atoms with Crippen molar-refractivity contribution in [3.8, 4) is 6.07 Å². The second-order valence-electron chi connectivity index (χ2n) is 4.75. The van der Waals surface area contributed by atoms with Crippen LogP contribution in [-0.4, -0.2) is 27.4 Å². The van der Waals surface area contributed by atoms with Gasteiger partial charge in [-0.3, -0.25) is 9.58 Å². The molecule has 0 amide bonds. The number of nitriles is 1. The zero-order valence-electron chi connectivity index (χ0n) is 11.4. The highest BCUT2D eigenvalue weighted by molar-refractivity contribution is 6.30. The molecule has 1 heterocycles. The highest BCUT2D eigenvalue weighted by Crippen LogP contribution is 2.19. The van der Waals surface area contributed by atoms with Gasteiger partial charge < -0.3 is 0 Å². The van der Waals surface area contributed by atoms with E-state index in [1.54, 1.807) is 24.3 Å². The molecule has 0 unspecified atom stereocenters. The molecule has 0 bridgehead atoms. The van der Waals surface area contributed by atoms with Gasteiger partial charge in [-0.1, -0.05) is 23.7 Å². The van der Waals surface area contributed by atoms with Gasteiger partial charge in [-0.05, 0) is 17.7 Å². The van der Waals surface area contributed by atoms with Gasteiger partial charge in [0.1, 0.15) is 0 Å². The van der Waals surface area contributed by atoms with Crippen LogP contribution in [0.3, 0.4) is 0 Å². The molecule has 0 N–H and O–H groups in total. The van der Waals surface area contributed by atoms with Crippen LogP contribution in [0.1, 0.15) is 11.1 Å². The van der Waals surface area contributed by atoms with Crippen LogP contribution in [0.15, 0.2) is 36.7 Å². The molecule has 0 fully saturated rings. The number of halogens is 4. The van der Waals surface area contributed by atoms with Crippen molar-refractivity contribution in [2.24, 2.45) is 0 Å². The first kappa shape index (κ1) is 16.3. The maximum atomic E-state index is 12.7. The number of rotatable bonds is 5. The minimum Gasteiger partial charge on any atom is -0.271 e. The number of nitrogens with zero attached hydrogens (tertiary/aromatic N) is 4. The summed E-state index contributed by atoms with van der Waals surface area (Å²) in [6.07, 6.45) is -1.48. The second-order valence-corrected chi connectivity index (χ2v) is 5.19. The van der Waals surface area contributed by atoms with Crippen LogP contribution in [0, 0.1) is 11.3 Å². The van der Waals surface area contributed by atoms with Crippen LogP contribution in [0.2, 0.25) is 5.02 Å². The lowest BCUT2D eigenvalue weighted by atomic mass is 10.1. The van der Waals surface area contributed by atoms with Crippen LogP contribution < -0.4 is 0 Å². The molecular formula is C14H12ClF3N4. The van der Waals surface area contributed by atoms with Crippen LogP contribution in [0.5, 0.6) is 0 Å². The first-order valence-electron chi connectivity index (χ1n) is 6.32. The Hall–Kier alpha value is -2.04. The standard InChI is InChI=1S/C14H12ClF3N4/c15-13-6-20-22(8-13)10-21(9-14(16,17)18)7-12-3-1-11(5-19)2-4-12/h1-4,6,8H,7,9-10H2. The first-order chi connectivity index (χ1) is 10.4. The molecule has 1 aromatic heterocycles. The molecule has 0 aliphatic heterocycles. The Morgan fingerprint density at radius 2 is 1.95 bits per heavy atom. The summed E-state index contributed by atoms with van der Waals surface area (Å²) in [4.78, 5) is 1.20. The van der Waals surface area contributed by atoms with Crippen molar-refractivity contribution >= 4 is 11.6 Å². The number of hydrogen-bond acceptors (Lipinski definition) is 3. The average molecular weight is 329 g/mol. The summed E-state index contributed by atoms with van der Waals surface area (Å²) >= 11 is 5.72. The van der Waals surface area contributed by atoms with E-state index < -0.39 is 12.7 Å². The quantitative estimate of drug-likeness (QED) is 0.844. The van der Waals surface area contributed by atoms with Crippen molar-refractivity contribution in [2.45, 2.75) is 19.4 Å². The molecule has 1 aromatic carbocycles. The molecule has 2 rings (SSSR count). The maximum Gasteiger partial charge on any atom is 0.401 e. The molecule has 0 saturated heterocycles. The average Bonchev–Trinajstić information content (AvgIpc) is 2.83. The molecule has 8 heteroatoms. The molecular weight excluding hydrogens is 317 g/mol. The molecule has 0 spiro atoms. The summed E-state index contributed by atoms with van der Waals surface area (Å²) in [7, 11) is 0. The fourth-order valence-corrected chi connectivity index (χ4v) is 2.13. The van der Waals surface area contributed by atoms with Gasteiger partial charge in [0.05, 0.1) is 36.1 Å². The fourth-order valence-electron chi connectivity index (χ4n) is 1.97. The molecule has 0 atom stereocenters. The van der Waals surface area contributed by atoms with Crippen molar-refractivity contribution in [2.75, 3.05) is 6.54 Å². The molecule has 2 aromatic rings. The summed E-state index contributed by atoms with van der Waals surface area (Å²) in [5.74, 6) is 0. The Morgan fingerprint density at radius 3 is 2.45 bits per heavy atom. The summed E-state index contributed by atoms with van der Waals surface area (Å²) in [6.45, 7) is -1.01. The Balaban J connectivity index is 2.11. The third-order valence-electron chi connectivity index (χ3n) is 2.84. The lowest BCUT2D eigenvalue weighted by molar-refractivity contribution is -0.151. The van der Waals surface area contributed by atoms with Gasteiger partial charge in [-0.2, -0.15) is 23.5 Å². The first-order valence-corrected chi connectivity index (χ1v) is 6.69. The van der Waals surface area contributed by atoms with E-state index in [1.165, 1.54) is 22.0 Å². The van der Waals surface area contributed by atoms with E-state index in [1.807, 2.05) is 6.07 Å². The van der Waals surface area contributed by atoms with Crippen LogP contribution in [-0.2, 0) is 13.2 Å². The van der Waals surface area contributed by atoms with Gasteiger partial charge in [0.15, 0.2) is 0 Å². The number of benzene rings is 1. The lowest BCUT2D eigenvalue weighted by Crippen LogP contribution is -2.35. The zero-order valence-corrected chi connectivity index (χ0v) is 12.1. The summed E-state index contributed by atoms with van der Waals surface area (Å²) in [6, 6.07) is 8.39. The molecule has 0 radical (unpaired) electrons. The predicted molar refractivity (Wildman–Crippen MR) is 74.9 cm³/mol. The molecule has 0 aliphatic carbocycles. The number of aromatic nitrogens is 2. The van der Waals surface area contributed by atoms with Gasteiger partial charge in [0, 0.05) is 12.7 Å². The third kappa shape index (κ3) is 5.06. The normalized spacial score (nSPS) is 11.6. The highest BCUT2D eigenvalue weighted by Gasteiger charge is 2.30. The van der Waals surface area contributed by atoms with Gasteiger partial charge in [-0.25, -0.2) is 0 Å². The molecule has 0 aliphatic rings. The minimum absolute atomic E-state index is 0.0355. The Morgan fingerprint density at radius 1 is 1.27 bits per heavy atom. The van der Waals surface area contributed by atoms with E-state index in [2.05, 4.69) is 5.10 Å². The summed E-state index contributed by atoms with van der Waals surface area (Å²) in [5.41, 5.74) is 1.14. The van der Waals surface area contributed by atoms with Crippen molar-refractivity contribution in [1.29, 1.82) is 5.26 Å². The van der Waals surface area contributed by atoms with E-state index in [0.717, 1.165) is 0 Å². The predicted octanol–water partition coefficient (Wildman–Crippen LogP) is 3.43. The number of hydrogen-bond donors (Lipinski definition) is 0. The third-order valence-corrected chi connectivity index (χ3v) is 3.03. The van der Waals surface area contributed by atoms with Gasteiger partial charge >= 0.3 is 6.18 Å². The SMILES string of the molecule is N#Cc1ccc(CN(Cn2cc(Cl)cn2)CC(F)(F)F)cc1. The minimum atomic E-state index is -4.32.